The minimum absolute atomic E-state index is 0.122. The van der Waals surface area contributed by atoms with Gasteiger partial charge in [0.15, 0.2) is 11.5 Å². The van der Waals surface area contributed by atoms with Crippen molar-refractivity contribution in [3.63, 3.8) is 0 Å². The minimum atomic E-state index is -4.73. The predicted octanol–water partition coefficient (Wildman–Crippen LogP) is 2.92. The van der Waals surface area contributed by atoms with Gasteiger partial charge in [-0.1, -0.05) is 0 Å². The highest BCUT2D eigenvalue weighted by atomic mass is 19.4. The van der Waals surface area contributed by atoms with E-state index >= 15 is 0 Å². The van der Waals surface area contributed by atoms with Crippen LogP contribution in [0.4, 0.5) is 19.0 Å². The molecule has 4 heterocycles. The summed E-state index contributed by atoms with van der Waals surface area (Å²) in [6.07, 6.45) is -1.96. The van der Waals surface area contributed by atoms with E-state index in [4.69, 9.17) is 4.74 Å². The Kier molecular flexibility index (Phi) is 5.06. The van der Waals surface area contributed by atoms with Gasteiger partial charge in [0.05, 0.1) is 5.52 Å². The molecule has 172 valence electrons. The lowest BCUT2D eigenvalue weighted by Crippen LogP contribution is -2.40. The number of alkyl halides is 3. The van der Waals surface area contributed by atoms with Crippen LogP contribution in [0.5, 0.6) is 11.5 Å². The molecular formula is C21H19F3N6O3. The van der Waals surface area contributed by atoms with Crippen LogP contribution in [0.2, 0.25) is 0 Å². The van der Waals surface area contributed by atoms with Crippen LogP contribution in [0.15, 0.2) is 47.5 Å². The number of piperidine rings is 1. The van der Waals surface area contributed by atoms with Crippen LogP contribution in [0.1, 0.15) is 12.8 Å². The SMILES string of the molecule is Cn1c(=O)nc(N2CCC(Oc3ccc(OC(F)(F)F)cc3)CC2)c2c1ccc1nncn12. The van der Waals surface area contributed by atoms with Crippen LogP contribution in [0, 0.1) is 0 Å². The van der Waals surface area contributed by atoms with Crippen molar-refractivity contribution < 1.29 is 22.6 Å². The molecule has 0 N–H and O–H groups in total. The first-order chi connectivity index (χ1) is 15.8. The van der Waals surface area contributed by atoms with E-state index in [1.807, 2.05) is 15.4 Å². The molecule has 0 bridgehead atoms. The van der Waals surface area contributed by atoms with Gasteiger partial charge in [0.25, 0.3) is 0 Å². The average molecular weight is 460 g/mol. The molecule has 1 fully saturated rings. The molecule has 12 heteroatoms. The number of ether oxygens (including phenoxy) is 2. The second kappa shape index (κ2) is 7.94. The number of halogens is 3. The van der Waals surface area contributed by atoms with Crippen molar-refractivity contribution in [2.24, 2.45) is 7.05 Å². The van der Waals surface area contributed by atoms with Crippen LogP contribution in [0.25, 0.3) is 16.7 Å². The van der Waals surface area contributed by atoms with Gasteiger partial charge in [-0.15, -0.1) is 23.4 Å². The van der Waals surface area contributed by atoms with Crippen LogP contribution in [-0.4, -0.2) is 49.7 Å². The van der Waals surface area contributed by atoms with Crippen molar-refractivity contribution in [2.45, 2.75) is 25.3 Å². The van der Waals surface area contributed by atoms with E-state index in [0.29, 0.717) is 43.1 Å². The maximum absolute atomic E-state index is 12.5. The highest BCUT2D eigenvalue weighted by Gasteiger charge is 2.31. The Morgan fingerprint density at radius 3 is 2.42 bits per heavy atom. The van der Waals surface area contributed by atoms with E-state index in [9.17, 15) is 18.0 Å². The summed E-state index contributed by atoms with van der Waals surface area (Å²) in [5.74, 6) is 0.727. The highest BCUT2D eigenvalue weighted by molar-refractivity contribution is 5.88. The highest BCUT2D eigenvalue weighted by Crippen LogP contribution is 2.29. The number of aryl methyl sites for hydroxylation is 1. The van der Waals surface area contributed by atoms with Crippen LogP contribution in [-0.2, 0) is 7.05 Å². The summed E-state index contributed by atoms with van der Waals surface area (Å²) < 4.78 is 50.0. The summed E-state index contributed by atoms with van der Waals surface area (Å²) >= 11 is 0. The summed E-state index contributed by atoms with van der Waals surface area (Å²) in [7, 11) is 1.67. The van der Waals surface area contributed by atoms with Gasteiger partial charge < -0.3 is 14.4 Å². The van der Waals surface area contributed by atoms with Gasteiger partial charge in [0.2, 0.25) is 0 Å². The van der Waals surface area contributed by atoms with Crippen LogP contribution >= 0.6 is 0 Å². The third kappa shape index (κ3) is 4.15. The Balaban J connectivity index is 1.33. The number of pyridine rings is 1. The summed E-state index contributed by atoms with van der Waals surface area (Å²) in [5, 5.41) is 8.04. The number of nitrogens with zero attached hydrogens (tertiary/aromatic N) is 6. The summed E-state index contributed by atoms with van der Waals surface area (Å²) in [5.41, 5.74) is 1.76. The number of hydrogen-bond acceptors (Lipinski definition) is 7. The molecule has 5 rings (SSSR count). The zero-order valence-electron chi connectivity index (χ0n) is 17.5. The Hall–Kier alpha value is -3.83. The Morgan fingerprint density at radius 2 is 1.73 bits per heavy atom. The lowest BCUT2D eigenvalue weighted by molar-refractivity contribution is -0.274. The van der Waals surface area contributed by atoms with Gasteiger partial charge in [-0.2, -0.15) is 4.98 Å². The Morgan fingerprint density at radius 1 is 1.03 bits per heavy atom. The average Bonchev–Trinajstić information content (AvgIpc) is 3.26. The molecule has 1 aromatic carbocycles. The van der Waals surface area contributed by atoms with Crippen molar-refractivity contribution in [3.8, 4) is 11.5 Å². The molecule has 33 heavy (non-hydrogen) atoms. The van der Waals surface area contributed by atoms with Crippen LogP contribution < -0.4 is 20.1 Å². The first-order valence-corrected chi connectivity index (χ1v) is 10.3. The third-order valence-electron chi connectivity index (χ3n) is 5.61. The topological polar surface area (TPSA) is 86.8 Å². The molecule has 1 aliphatic heterocycles. The van der Waals surface area contributed by atoms with E-state index in [2.05, 4.69) is 19.9 Å². The quantitative estimate of drug-likeness (QED) is 0.463. The molecule has 0 spiro atoms. The summed E-state index contributed by atoms with van der Waals surface area (Å²) in [6.45, 7) is 1.18. The molecule has 0 saturated carbocycles. The minimum Gasteiger partial charge on any atom is -0.490 e. The van der Waals surface area contributed by atoms with Crippen molar-refractivity contribution in [1.29, 1.82) is 0 Å². The number of hydrogen-bond donors (Lipinski definition) is 0. The van der Waals surface area contributed by atoms with Crippen molar-refractivity contribution in [2.75, 3.05) is 18.0 Å². The van der Waals surface area contributed by atoms with Gasteiger partial charge in [-0.05, 0) is 36.4 Å². The number of rotatable bonds is 4. The fraction of sp³-hybridized carbons (Fsp3) is 0.333. The lowest BCUT2D eigenvalue weighted by Gasteiger charge is -2.33. The fourth-order valence-electron chi connectivity index (χ4n) is 4.02. The predicted molar refractivity (Wildman–Crippen MR) is 113 cm³/mol. The number of anilines is 1. The van der Waals surface area contributed by atoms with Crippen LogP contribution in [0.3, 0.4) is 0 Å². The molecule has 1 aliphatic rings. The molecule has 0 amide bonds. The summed E-state index contributed by atoms with van der Waals surface area (Å²) in [6, 6.07) is 8.96. The zero-order chi connectivity index (χ0) is 23.2. The fourth-order valence-corrected chi connectivity index (χ4v) is 4.02. The van der Waals surface area contributed by atoms with Gasteiger partial charge in [0, 0.05) is 33.0 Å². The second-order valence-electron chi connectivity index (χ2n) is 7.73. The molecule has 0 radical (unpaired) electrons. The number of benzene rings is 1. The summed E-state index contributed by atoms with van der Waals surface area (Å²) in [4.78, 5) is 18.8. The molecule has 0 atom stereocenters. The van der Waals surface area contributed by atoms with Gasteiger partial charge in [-0.25, -0.2) is 4.79 Å². The molecule has 0 aliphatic carbocycles. The van der Waals surface area contributed by atoms with E-state index in [1.54, 1.807) is 19.4 Å². The van der Waals surface area contributed by atoms with Crippen molar-refractivity contribution in [1.82, 2.24) is 24.1 Å². The molecular weight excluding hydrogens is 441 g/mol. The van der Waals surface area contributed by atoms with E-state index in [-0.39, 0.29) is 17.5 Å². The van der Waals surface area contributed by atoms with Gasteiger partial charge in [0.1, 0.15) is 29.4 Å². The maximum atomic E-state index is 12.5. The first kappa shape index (κ1) is 21.0. The van der Waals surface area contributed by atoms with E-state index in [1.165, 1.54) is 28.8 Å². The molecule has 3 aromatic heterocycles. The third-order valence-corrected chi connectivity index (χ3v) is 5.61. The monoisotopic (exact) mass is 460 g/mol. The normalized spacial score (nSPS) is 15.3. The Bertz CT molecular complexity index is 1360. The second-order valence-corrected chi connectivity index (χ2v) is 7.73. The molecule has 4 aromatic rings. The smallest absolute Gasteiger partial charge is 0.490 e. The number of fused-ring (bicyclic) bond motifs is 3. The van der Waals surface area contributed by atoms with Crippen molar-refractivity contribution in [3.05, 3.63) is 53.2 Å². The maximum Gasteiger partial charge on any atom is 0.573 e. The van der Waals surface area contributed by atoms with Crippen molar-refractivity contribution >= 4 is 22.5 Å². The Labute approximate surface area is 185 Å². The van der Waals surface area contributed by atoms with E-state index in [0.717, 1.165) is 11.0 Å². The van der Waals surface area contributed by atoms with Gasteiger partial charge in [-0.3, -0.25) is 8.97 Å². The first-order valence-electron chi connectivity index (χ1n) is 10.3. The zero-order valence-corrected chi connectivity index (χ0v) is 17.5. The van der Waals surface area contributed by atoms with E-state index < -0.39 is 6.36 Å². The number of aromatic nitrogens is 5. The standard InChI is InChI=1S/C21H19F3N6O3/c1-28-16-6-7-17-27-25-12-30(17)18(16)19(26-20(28)31)29-10-8-14(9-11-29)32-13-2-4-15(5-3-13)33-21(22,23)24/h2-7,12,14H,8-11H2,1H3. The lowest BCUT2D eigenvalue weighted by atomic mass is 10.1. The molecule has 9 nitrogen and oxygen atoms in total. The molecule has 1 saturated heterocycles. The van der Waals surface area contributed by atoms with Gasteiger partial charge >= 0.3 is 12.1 Å². The largest absolute Gasteiger partial charge is 0.573 e. The molecule has 0 unspecified atom stereocenters.